The fourth-order valence-corrected chi connectivity index (χ4v) is 2.38. The van der Waals surface area contributed by atoms with Gasteiger partial charge in [0.25, 0.3) is 0 Å². The van der Waals surface area contributed by atoms with Crippen LogP contribution in [-0.4, -0.2) is 29.1 Å². The van der Waals surface area contributed by atoms with Gasteiger partial charge in [0.2, 0.25) is 5.91 Å². The monoisotopic (exact) mass is 243 g/mol. The first-order valence-electron chi connectivity index (χ1n) is 4.99. The van der Waals surface area contributed by atoms with Gasteiger partial charge in [0.05, 0.1) is 5.25 Å². The summed E-state index contributed by atoms with van der Waals surface area (Å²) in [6.07, 6.45) is 0.917. The molecular weight excluding hydrogens is 226 g/mol. The van der Waals surface area contributed by atoms with E-state index in [1.807, 2.05) is 13.1 Å². The van der Waals surface area contributed by atoms with Gasteiger partial charge < -0.3 is 4.90 Å². The molecule has 2 unspecified atom stereocenters. The van der Waals surface area contributed by atoms with Crippen LogP contribution in [0.5, 0.6) is 0 Å². The topological polar surface area (TPSA) is 20.3 Å². The molecule has 0 saturated heterocycles. The normalized spacial score (nSPS) is 14.7. The first-order valence-corrected chi connectivity index (χ1v) is 6.39. The van der Waals surface area contributed by atoms with Gasteiger partial charge in [-0.15, -0.1) is 11.3 Å². The molecule has 0 aliphatic rings. The van der Waals surface area contributed by atoms with E-state index in [4.69, 9.17) is 0 Å². The van der Waals surface area contributed by atoms with Crippen molar-refractivity contribution in [1.82, 2.24) is 4.90 Å². The number of hydrogen-bond acceptors (Lipinski definition) is 3. The Morgan fingerprint density at radius 2 is 2.27 bits per heavy atom. The zero-order valence-electron chi connectivity index (χ0n) is 9.30. The van der Waals surface area contributed by atoms with Gasteiger partial charge in [-0.2, -0.15) is 12.6 Å². The number of carbonyl (C=O) groups is 1. The second kappa shape index (κ2) is 5.56. The number of hydrogen-bond donors (Lipinski definition) is 1. The van der Waals surface area contributed by atoms with Gasteiger partial charge in [0, 0.05) is 24.4 Å². The van der Waals surface area contributed by atoms with E-state index in [1.165, 1.54) is 4.88 Å². The fraction of sp³-hybridized carbons (Fsp3) is 0.545. The van der Waals surface area contributed by atoms with Crippen molar-refractivity contribution < 1.29 is 4.79 Å². The van der Waals surface area contributed by atoms with Crippen molar-refractivity contribution in [1.29, 1.82) is 0 Å². The van der Waals surface area contributed by atoms with Crippen LogP contribution in [0.15, 0.2) is 17.5 Å². The highest BCUT2D eigenvalue weighted by Crippen LogP contribution is 2.14. The van der Waals surface area contributed by atoms with E-state index in [0.29, 0.717) is 0 Å². The maximum atomic E-state index is 11.7. The highest BCUT2D eigenvalue weighted by atomic mass is 32.1. The summed E-state index contributed by atoms with van der Waals surface area (Å²) in [7, 11) is 1.84. The average molecular weight is 243 g/mol. The molecule has 1 heterocycles. The molecule has 15 heavy (non-hydrogen) atoms. The first-order chi connectivity index (χ1) is 7.02. The van der Waals surface area contributed by atoms with Crippen LogP contribution in [0, 0.1) is 0 Å². The molecule has 1 aromatic rings. The Labute approximate surface area is 101 Å². The Balaban J connectivity index is 2.53. The molecule has 0 bridgehead atoms. The lowest BCUT2D eigenvalue weighted by Crippen LogP contribution is -2.39. The number of rotatable bonds is 4. The van der Waals surface area contributed by atoms with Crippen molar-refractivity contribution in [3.63, 3.8) is 0 Å². The summed E-state index contributed by atoms with van der Waals surface area (Å²) in [6, 6.07) is 4.37. The van der Waals surface area contributed by atoms with E-state index in [-0.39, 0.29) is 17.2 Å². The van der Waals surface area contributed by atoms with Crippen LogP contribution in [0.25, 0.3) is 0 Å². The molecule has 0 fully saturated rings. The molecule has 84 valence electrons. The van der Waals surface area contributed by atoms with E-state index in [1.54, 1.807) is 23.2 Å². The summed E-state index contributed by atoms with van der Waals surface area (Å²) < 4.78 is 0. The van der Waals surface area contributed by atoms with Gasteiger partial charge in [-0.3, -0.25) is 4.79 Å². The van der Waals surface area contributed by atoms with Gasteiger partial charge in [-0.05, 0) is 25.3 Å². The molecule has 0 radical (unpaired) electrons. The second-order valence-corrected chi connectivity index (χ2v) is 5.56. The summed E-state index contributed by atoms with van der Waals surface area (Å²) in [5.41, 5.74) is 0. The van der Waals surface area contributed by atoms with Crippen LogP contribution in [-0.2, 0) is 11.2 Å². The molecule has 0 aliphatic heterocycles. The van der Waals surface area contributed by atoms with Crippen LogP contribution in [0.4, 0.5) is 0 Å². The molecule has 2 nitrogen and oxygen atoms in total. The molecule has 4 heteroatoms. The third-order valence-corrected chi connectivity index (χ3v) is 3.56. The lowest BCUT2D eigenvalue weighted by atomic mass is 10.2. The Bertz CT molecular complexity index is 308. The molecule has 0 N–H and O–H groups in total. The summed E-state index contributed by atoms with van der Waals surface area (Å²) in [6.45, 7) is 3.87. The lowest BCUT2D eigenvalue weighted by Gasteiger charge is -2.26. The van der Waals surface area contributed by atoms with Crippen LogP contribution in [0.2, 0.25) is 0 Å². The maximum absolute atomic E-state index is 11.7. The largest absolute Gasteiger partial charge is 0.342 e. The molecule has 0 aromatic carbocycles. The molecule has 1 amide bonds. The number of carbonyl (C=O) groups excluding carboxylic acids is 1. The number of thiophene rings is 1. The van der Waals surface area contributed by atoms with Crippen molar-refractivity contribution >= 4 is 29.9 Å². The predicted molar refractivity (Wildman–Crippen MR) is 68.7 cm³/mol. The first kappa shape index (κ1) is 12.6. The predicted octanol–water partition coefficient (Wildman–Crippen LogP) is 2.46. The highest BCUT2D eigenvalue weighted by Gasteiger charge is 2.19. The molecular formula is C11H17NOS2. The van der Waals surface area contributed by atoms with Crippen LogP contribution in [0.3, 0.4) is 0 Å². The smallest absolute Gasteiger partial charge is 0.235 e. The Morgan fingerprint density at radius 3 is 2.73 bits per heavy atom. The van der Waals surface area contributed by atoms with Gasteiger partial charge >= 0.3 is 0 Å². The third-order valence-electron chi connectivity index (χ3n) is 2.44. The van der Waals surface area contributed by atoms with Gasteiger partial charge in [-0.1, -0.05) is 6.07 Å². The zero-order chi connectivity index (χ0) is 11.4. The number of thiol groups is 1. The number of nitrogens with zero attached hydrogens (tertiary/aromatic N) is 1. The van der Waals surface area contributed by atoms with E-state index >= 15 is 0 Å². The number of likely N-dealkylation sites (N-methyl/N-ethyl adjacent to an activating group) is 1. The van der Waals surface area contributed by atoms with E-state index in [2.05, 4.69) is 31.0 Å². The Morgan fingerprint density at radius 1 is 1.60 bits per heavy atom. The minimum absolute atomic E-state index is 0.0855. The summed E-state index contributed by atoms with van der Waals surface area (Å²) in [5.74, 6) is 0.0855. The number of amides is 1. The van der Waals surface area contributed by atoms with E-state index < -0.39 is 0 Å². The van der Waals surface area contributed by atoms with Crippen LogP contribution < -0.4 is 0 Å². The standard InChI is InChI=1S/C11H17NOS2/c1-8(7-10-5-4-6-15-10)12(3)11(13)9(2)14/h4-6,8-9,14H,7H2,1-3H3. The summed E-state index contributed by atoms with van der Waals surface area (Å²) >= 11 is 5.88. The quantitative estimate of drug-likeness (QED) is 0.806. The Hall–Kier alpha value is -0.480. The minimum atomic E-state index is -0.221. The minimum Gasteiger partial charge on any atom is -0.342 e. The highest BCUT2D eigenvalue weighted by molar-refractivity contribution is 7.81. The summed E-state index contributed by atoms with van der Waals surface area (Å²) in [4.78, 5) is 14.8. The average Bonchev–Trinajstić information content (AvgIpc) is 2.67. The molecule has 1 rings (SSSR count). The molecule has 0 aliphatic carbocycles. The van der Waals surface area contributed by atoms with Gasteiger partial charge in [0.15, 0.2) is 0 Å². The maximum Gasteiger partial charge on any atom is 0.235 e. The lowest BCUT2D eigenvalue weighted by molar-refractivity contribution is -0.130. The molecule has 0 saturated carbocycles. The third kappa shape index (κ3) is 3.54. The van der Waals surface area contributed by atoms with E-state index in [9.17, 15) is 4.79 Å². The molecule has 0 spiro atoms. The molecule has 1 aromatic heterocycles. The molecule has 2 atom stereocenters. The SMILES string of the molecule is CC(S)C(=O)N(C)C(C)Cc1cccs1. The van der Waals surface area contributed by atoms with E-state index in [0.717, 1.165) is 6.42 Å². The van der Waals surface area contributed by atoms with Crippen molar-refractivity contribution in [2.45, 2.75) is 31.6 Å². The van der Waals surface area contributed by atoms with Crippen molar-refractivity contribution in [2.75, 3.05) is 7.05 Å². The summed E-state index contributed by atoms with van der Waals surface area (Å²) in [5, 5.41) is 1.84. The van der Waals surface area contributed by atoms with Crippen LogP contribution in [0.1, 0.15) is 18.7 Å². The second-order valence-electron chi connectivity index (χ2n) is 3.76. The van der Waals surface area contributed by atoms with Crippen molar-refractivity contribution in [3.05, 3.63) is 22.4 Å². The van der Waals surface area contributed by atoms with Crippen molar-refractivity contribution in [3.8, 4) is 0 Å². The van der Waals surface area contributed by atoms with Crippen molar-refractivity contribution in [2.24, 2.45) is 0 Å². The van der Waals surface area contributed by atoms with Gasteiger partial charge in [-0.25, -0.2) is 0 Å². The van der Waals surface area contributed by atoms with Gasteiger partial charge in [0.1, 0.15) is 0 Å². The van der Waals surface area contributed by atoms with Crippen LogP contribution >= 0.6 is 24.0 Å². The Kier molecular flexibility index (Phi) is 4.67. The fourth-order valence-electron chi connectivity index (χ4n) is 1.37. The zero-order valence-corrected chi connectivity index (χ0v) is 11.0.